The molecule has 6 nitrogen and oxygen atoms in total. The molecule has 0 bridgehead atoms. The molecule has 3 rings (SSSR count). The summed E-state index contributed by atoms with van der Waals surface area (Å²) in [5.74, 6) is 1.10. The van der Waals surface area contributed by atoms with Crippen LogP contribution in [-0.4, -0.2) is 48.5 Å². The van der Waals surface area contributed by atoms with Crippen LogP contribution in [0.15, 0.2) is 18.2 Å². The van der Waals surface area contributed by atoms with Crippen molar-refractivity contribution in [1.82, 2.24) is 20.5 Å². The van der Waals surface area contributed by atoms with Crippen LogP contribution < -0.4 is 15.0 Å². The SMILES string of the molecule is COc1cc(-c2nc(N3CCCNCC3)n[nH]2)ccc1F. The third kappa shape index (κ3) is 2.97. The number of aromatic nitrogens is 3. The molecule has 2 aromatic rings. The van der Waals surface area contributed by atoms with E-state index in [1.54, 1.807) is 12.1 Å². The van der Waals surface area contributed by atoms with Crippen LogP contribution in [0, 0.1) is 5.82 Å². The Morgan fingerprint density at radius 1 is 1.29 bits per heavy atom. The van der Waals surface area contributed by atoms with Crippen molar-refractivity contribution >= 4 is 5.95 Å². The summed E-state index contributed by atoms with van der Waals surface area (Å²) in [5.41, 5.74) is 0.750. The second-order valence-electron chi connectivity index (χ2n) is 4.92. The molecule has 21 heavy (non-hydrogen) atoms. The first-order valence-electron chi connectivity index (χ1n) is 7.00. The number of benzene rings is 1. The summed E-state index contributed by atoms with van der Waals surface area (Å²) in [6.07, 6.45) is 1.06. The van der Waals surface area contributed by atoms with E-state index in [-0.39, 0.29) is 11.6 Å². The van der Waals surface area contributed by atoms with E-state index in [1.165, 1.54) is 13.2 Å². The van der Waals surface area contributed by atoms with E-state index < -0.39 is 0 Å². The van der Waals surface area contributed by atoms with Gasteiger partial charge in [0.15, 0.2) is 17.4 Å². The number of halogens is 1. The largest absolute Gasteiger partial charge is 0.494 e. The highest BCUT2D eigenvalue weighted by Gasteiger charge is 2.15. The summed E-state index contributed by atoms with van der Waals surface area (Å²) in [7, 11) is 1.44. The van der Waals surface area contributed by atoms with Gasteiger partial charge in [-0.3, -0.25) is 5.10 Å². The van der Waals surface area contributed by atoms with Crippen LogP contribution in [0.25, 0.3) is 11.4 Å². The fourth-order valence-electron chi connectivity index (χ4n) is 2.38. The highest BCUT2D eigenvalue weighted by atomic mass is 19.1. The molecule has 1 aliphatic heterocycles. The first kappa shape index (κ1) is 13.8. The molecule has 0 saturated carbocycles. The van der Waals surface area contributed by atoms with Gasteiger partial charge in [-0.2, -0.15) is 4.98 Å². The van der Waals surface area contributed by atoms with Gasteiger partial charge in [0.05, 0.1) is 7.11 Å². The van der Waals surface area contributed by atoms with Gasteiger partial charge in [-0.25, -0.2) is 4.39 Å². The van der Waals surface area contributed by atoms with Crippen LogP contribution in [0.1, 0.15) is 6.42 Å². The molecular formula is C14H18FN5O. The van der Waals surface area contributed by atoms with Crippen molar-refractivity contribution in [3.05, 3.63) is 24.0 Å². The van der Waals surface area contributed by atoms with Gasteiger partial charge in [0.25, 0.3) is 0 Å². The predicted octanol–water partition coefficient (Wildman–Crippen LogP) is 1.42. The molecule has 0 unspecified atom stereocenters. The standard InChI is InChI=1S/C14H18FN5O/c1-21-12-9-10(3-4-11(12)15)13-17-14(19-18-13)20-7-2-5-16-6-8-20/h3-4,9,16H,2,5-8H2,1H3,(H,17,18,19). The molecule has 1 aromatic carbocycles. The molecule has 1 saturated heterocycles. The minimum Gasteiger partial charge on any atom is -0.494 e. The topological polar surface area (TPSA) is 66.1 Å². The highest BCUT2D eigenvalue weighted by molar-refractivity contribution is 5.59. The Kier molecular flexibility index (Phi) is 4.01. The van der Waals surface area contributed by atoms with Crippen molar-refractivity contribution in [3.63, 3.8) is 0 Å². The molecule has 0 spiro atoms. The van der Waals surface area contributed by atoms with E-state index in [0.717, 1.165) is 38.2 Å². The van der Waals surface area contributed by atoms with Crippen LogP contribution in [0.4, 0.5) is 10.3 Å². The summed E-state index contributed by atoms with van der Waals surface area (Å²) in [4.78, 5) is 6.64. The summed E-state index contributed by atoms with van der Waals surface area (Å²) in [6.45, 7) is 3.75. The molecule has 7 heteroatoms. The van der Waals surface area contributed by atoms with E-state index in [4.69, 9.17) is 4.74 Å². The number of methoxy groups -OCH3 is 1. The number of anilines is 1. The van der Waals surface area contributed by atoms with Crippen LogP contribution in [-0.2, 0) is 0 Å². The normalized spacial score (nSPS) is 15.8. The van der Waals surface area contributed by atoms with Gasteiger partial charge >= 0.3 is 0 Å². The van der Waals surface area contributed by atoms with Crippen molar-refractivity contribution < 1.29 is 9.13 Å². The number of hydrogen-bond donors (Lipinski definition) is 2. The van der Waals surface area contributed by atoms with Gasteiger partial charge in [-0.1, -0.05) is 0 Å². The van der Waals surface area contributed by atoms with Gasteiger partial charge in [-0.15, -0.1) is 5.10 Å². The van der Waals surface area contributed by atoms with Crippen LogP contribution in [0.5, 0.6) is 5.75 Å². The lowest BCUT2D eigenvalue weighted by Gasteiger charge is -2.16. The van der Waals surface area contributed by atoms with E-state index in [0.29, 0.717) is 11.8 Å². The van der Waals surface area contributed by atoms with E-state index in [9.17, 15) is 4.39 Å². The first-order chi connectivity index (χ1) is 10.3. The Morgan fingerprint density at radius 3 is 3.05 bits per heavy atom. The summed E-state index contributed by atoms with van der Waals surface area (Å²) >= 11 is 0. The lowest BCUT2D eigenvalue weighted by atomic mass is 10.2. The molecule has 1 fully saturated rings. The zero-order valence-corrected chi connectivity index (χ0v) is 11.9. The van der Waals surface area contributed by atoms with E-state index in [2.05, 4.69) is 25.4 Å². The van der Waals surface area contributed by atoms with Crippen molar-refractivity contribution in [1.29, 1.82) is 0 Å². The van der Waals surface area contributed by atoms with Crippen LogP contribution >= 0.6 is 0 Å². The number of nitrogens with one attached hydrogen (secondary N) is 2. The summed E-state index contributed by atoms with van der Waals surface area (Å²) in [6, 6.07) is 4.64. The Morgan fingerprint density at radius 2 is 2.19 bits per heavy atom. The second-order valence-corrected chi connectivity index (χ2v) is 4.92. The third-order valence-corrected chi connectivity index (χ3v) is 3.52. The van der Waals surface area contributed by atoms with Gasteiger partial charge in [0.1, 0.15) is 0 Å². The average Bonchev–Trinajstić information content (AvgIpc) is 2.83. The monoisotopic (exact) mass is 291 g/mol. The predicted molar refractivity (Wildman–Crippen MR) is 78.0 cm³/mol. The minimum atomic E-state index is -0.389. The first-order valence-corrected chi connectivity index (χ1v) is 7.00. The lowest BCUT2D eigenvalue weighted by molar-refractivity contribution is 0.387. The van der Waals surface area contributed by atoms with Gasteiger partial charge < -0.3 is 15.0 Å². The molecule has 1 aliphatic rings. The molecular weight excluding hydrogens is 273 g/mol. The van der Waals surface area contributed by atoms with Crippen molar-refractivity contribution in [2.75, 3.05) is 38.2 Å². The van der Waals surface area contributed by atoms with Crippen LogP contribution in [0.3, 0.4) is 0 Å². The highest BCUT2D eigenvalue weighted by Crippen LogP contribution is 2.25. The molecule has 0 radical (unpaired) electrons. The Balaban J connectivity index is 1.84. The van der Waals surface area contributed by atoms with Crippen molar-refractivity contribution in [2.24, 2.45) is 0 Å². The zero-order chi connectivity index (χ0) is 14.7. The number of H-pyrrole nitrogens is 1. The average molecular weight is 291 g/mol. The maximum Gasteiger partial charge on any atom is 0.245 e. The molecule has 1 aromatic heterocycles. The van der Waals surface area contributed by atoms with Crippen LogP contribution in [0.2, 0.25) is 0 Å². The van der Waals surface area contributed by atoms with E-state index in [1.807, 2.05) is 0 Å². The second kappa shape index (κ2) is 6.09. The Hall–Kier alpha value is -2.15. The maximum absolute atomic E-state index is 13.4. The third-order valence-electron chi connectivity index (χ3n) is 3.52. The molecule has 0 atom stereocenters. The lowest BCUT2D eigenvalue weighted by Crippen LogP contribution is -2.28. The zero-order valence-electron chi connectivity index (χ0n) is 11.9. The van der Waals surface area contributed by atoms with Gasteiger partial charge in [-0.05, 0) is 31.2 Å². The fourth-order valence-corrected chi connectivity index (χ4v) is 2.38. The fraction of sp³-hybridized carbons (Fsp3) is 0.429. The maximum atomic E-state index is 13.4. The summed E-state index contributed by atoms with van der Waals surface area (Å²) in [5, 5.41) is 10.5. The molecule has 0 amide bonds. The van der Waals surface area contributed by atoms with Crippen molar-refractivity contribution in [2.45, 2.75) is 6.42 Å². The van der Waals surface area contributed by atoms with Gasteiger partial charge in [0.2, 0.25) is 5.95 Å². The summed E-state index contributed by atoms with van der Waals surface area (Å²) < 4.78 is 18.4. The number of hydrogen-bond acceptors (Lipinski definition) is 5. The quantitative estimate of drug-likeness (QED) is 0.895. The van der Waals surface area contributed by atoms with Gasteiger partial charge in [0, 0.05) is 25.2 Å². The van der Waals surface area contributed by atoms with Crippen molar-refractivity contribution in [3.8, 4) is 17.1 Å². The molecule has 112 valence electrons. The minimum absolute atomic E-state index is 0.199. The Labute approximate surface area is 122 Å². The van der Waals surface area contributed by atoms with E-state index >= 15 is 0 Å². The molecule has 2 N–H and O–H groups in total. The Bertz CT molecular complexity index is 607. The smallest absolute Gasteiger partial charge is 0.245 e. The molecule has 0 aliphatic carbocycles. The number of rotatable bonds is 3. The number of nitrogens with zero attached hydrogens (tertiary/aromatic N) is 3. The number of ether oxygens (including phenoxy) is 1. The molecule has 2 heterocycles. The number of aromatic amines is 1.